The lowest BCUT2D eigenvalue weighted by molar-refractivity contribution is -0.155. The monoisotopic (exact) mass is 756 g/mol. The molecule has 0 spiro atoms. The number of nitrogens with zero attached hydrogens (tertiary/aromatic N) is 6. The standard InChI is InChI=1S/C42H60N8O5/c1-6-49-37-10-9-28-18-32(37)34(39(49)33-19-29(22-44-38(33)27(2)3)47-13-12-46-14-16-53-25-30(46)23-47)21-42(4,5)26-55-41(52)36-8-7-11-50(45-36)40(51)35(43)20-31-24-48(28)15-17-54-31/h9-10,18-19,22,27,30-31,35-36,45H,6-8,11-17,20-21,23-26,43H2,1-5H3/t30-,31-,35-,36-/m0/s1. The van der Waals surface area contributed by atoms with Crippen molar-refractivity contribution in [3.05, 3.63) is 41.7 Å². The molecule has 3 aromatic rings. The minimum Gasteiger partial charge on any atom is -0.464 e. The zero-order valence-corrected chi connectivity index (χ0v) is 33.4. The van der Waals surface area contributed by atoms with Gasteiger partial charge in [0.25, 0.3) is 5.91 Å². The fourth-order valence-corrected chi connectivity index (χ4v) is 9.38. The van der Waals surface area contributed by atoms with Crippen LogP contribution in [0, 0.1) is 5.41 Å². The lowest BCUT2D eigenvalue weighted by Gasteiger charge is -2.44. The summed E-state index contributed by atoms with van der Waals surface area (Å²) < 4.78 is 20.7. The molecule has 8 rings (SSSR count). The van der Waals surface area contributed by atoms with Crippen LogP contribution in [0.4, 0.5) is 11.4 Å². The molecule has 298 valence electrons. The zero-order valence-electron chi connectivity index (χ0n) is 33.4. The number of morpholine rings is 2. The number of hydrogen-bond acceptors (Lipinski definition) is 11. The number of aromatic nitrogens is 2. The molecule has 2 aromatic heterocycles. The predicted molar refractivity (Wildman–Crippen MR) is 214 cm³/mol. The van der Waals surface area contributed by atoms with E-state index in [1.165, 1.54) is 27.2 Å². The number of anilines is 2. The molecular formula is C42H60N8O5. The molecule has 4 fully saturated rings. The van der Waals surface area contributed by atoms with Crippen LogP contribution in [0.15, 0.2) is 30.5 Å². The van der Waals surface area contributed by atoms with Crippen LogP contribution in [0.1, 0.15) is 71.1 Å². The van der Waals surface area contributed by atoms with Crippen molar-refractivity contribution < 1.29 is 23.8 Å². The largest absolute Gasteiger partial charge is 0.464 e. The molecule has 0 unspecified atom stereocenters. The van der Waals surface area contributed by atoms with E-state index in [1.807, 2.05) is 0 Å². The van der Waals surface area contributed by atoms with Gasteiger partial charge >= 0.3 is 5.97 Å². The van der Waals surface area contributed by atoms with E-state index in [-0.39, 0.29) is 30.5 Å². The number of hydrogen-bond donors (Lipinski definition) is 2. The molecule has 1 amide bonds. The third-order valence-electron chi connectivity index (χ3n) is 12.3. The molecule has 6 bridgehead atoms. The summed E-state index contributed by atoms with van der Waals surface area (Å²) in [5, 5.41) is 2.72. The van der Waals surface area contributed by atoms with Gasteiger partial charge in [0.15, 0.2) is 0 Å². The van der Waals surface area contributed by atoms with Gasteiger partial charge in [-0.2, -0.15) is 0 Å². The molecule has 55 heavy (non-hydrogen) atoms. The molecule has 3 N–H and O–H groups in total. The normalized spacial score (nSPS) is 26.9. The number of amides is 1. The van der Waals surface area contributed by atoms with Gasteiger partial charge in [-0.05, 0) is 68.4 Å². The third kappa shape index (κ3) is 7.70. The van der Waals surface area contributed by atoms with Crippen molar-refractivity contribution in [2.45, 2.75) is 97.0 Å². The summed E-state index contributed by atoms with van der Waals surface area (Å²) in [7, 11) is 0. The molecule has 0 aliphatic carbocycles. The lowest BCUT2D eigenvalue weighted by atomic mass is 9.84. The number of benzene rings is 1. The number of nitrogens with two attached hydrogens (primary N) is 1. The Morgan fingerprint density at radius 1 is 1.02 bits per heavy atom. The number of ether oxygens (including phenoxy) is 3. The van der Waals surface area contributed by atoms with E-state index in [0.29, 0.717) is 51.4 Å². The first-order chi connectivity index (χ1) is 26.5. The van der Waals surface area contributed by atoms with Gasteiger partial charge in [-0.3, -0.25) is 24.5 Å². The highest BCUT2D eigenvalue weighted by atomic mass is 16.5. The average molecular weight is 757 g/mol. The quantitative estimate of drug-likeness (QED) is 0.376. The number of cyclic esters (lactones) is 1. The summed E-state index contributed by atoms with van der Waals surface area (Å²) in [6.45, 7) is 20.0. The van der Waals surface area contributed by atoms with Crippen molar-refractivity contribution in [2.24, 2.45) is 11.1 Å². The van der Waals surface area contributed by atoms with E-state index in [1.54, 1.807) is 0 Å². The van der Waals surface area contributed by atoms with E-state index in [4.69, 9.17) is 24.9 Å². The van der Waals surface area contributed by atoms with Crippen LogP contribution >= 0.6 is 0 Å². The van der Waals surface area contributed by atoms with Crippen LogP contribution in [0.25, 0.3) is 22.2 Å². The molecular weight excluding hydrogens is 697 g/mol. The first kappa shape index (κ1) is 38.1. The fraction of sp³-hybridized carbons (Fsp3) is 0.643. The Bertz CT molecular complexity index is 1890. The molecule has 7 heterocycles. The van der Waals surface area contributed by atoms with Crippen LogP contribution in [0.2, 0.25) is 0 Å². The Morgan fingerprint density at radius 3 is 2.67 bits per heavy atom. The minimum absolute atomic E-state index is 0.202. The van der Waals surface area contributed by atoms with Crippen molar-refractivity contribution in [3.8, 4) is 11.3 Å². The fourth-order valence-electron chi connectivity index (χ4n) is 9.38. The predicted octanol–water partition coefficient (Wildman–Crippen LogP) is 3.91. The minimum atomic E-state index is -0.750. The maximum Gasteiger partial charge on any atom is 0.324 e. The van der Waals surface area contributed by atoms with Crippen molar-refractivity contribution in [3.63, 3.8) is 0 Å². The summed E-state index contributed by atoms with van der Waals surface area (Å²) in [4.78, 5) is 39.7. The number of hydrazine groups is 1. The van der Waals surface area contributed by atoms with Crippen LogP contribution < -0.4 is 21.0 Å². The highest BCUT2D eigenvalue weighted by Gasteiger charge is 2.36. The van der Waals surface area contributed by atoms with Gasteiger partial charge in [-0.25, -0.2) is 5.43 Å². The molecule has 5 aliphatic heterocycles. The second-order valence-corrected chi connectivity index (χ2v) is 17.3. The van der Waals surface area contributed by atoms with E-state index in [9.17, 15) is 9.59 Å². The second-order valence-electron chi connectivity index (χ2n) is 17.3. The molecule has 13 heteroatoms. The van der Waals surface area contributed by atoms with Crippen molar-refractivity contribution in [1.82, 2.24) is 24.9 Å². The van der Waals surface area contributed by atoms with Gasteiger partial charge in [0.1, 0.15) is 6.04 Å². The number of piperazine rings is 1. The van der Waals surface area contributed by atoms with Gasteiger partial charge in [-0.15, -0.1) is 0 Å². The lowest BCUT2D eigenvalue weighted by Crippen LogP contribution is -2.59. The smallest absolute Gasteiger partial charge is 0.324 e. The summed E-state index contributed by atoms with van der Waals surface area (Å²) >= 11 is 0. The number of carbonyl (C=O) groups excluding carboxylic acids is 2. The number of fused-ring (bicyclic) bond motifs is 7. The summed E-state index contributed by atoms with van der Waals surface area (Å²) in [5.74, 6) is -0.353. The van der Waals surface area contributed by atoms with Crippen molar-refractivity contribution in [1.29, 1.82) is 0 Å². The molecule has 5 aliphatic rings. The van der Waals surface area contributed by atoms with Gasteiger partial charge in [0.05, 0.1) is 67.9 Å². The Hall–Kier alpha value is -3.75. The summed E-state index contributed by atoms with van der Waals surface area (Å²) in [6, 6.07) is 8.24. The maximum atomic E-state index is 13.6. The topological polar surface area (TPSA) is 131 Å². The van der Waals surface area contributed by atoms with E-state index in [2.05, 4.69) is 89.8 Å². The second kappa shape index (κ2) is 15.7. The average Bonchev–Trinajstić information content (AvgIpc) is 3.50. The van der Waals surface area contributed by atoms with Crippen LogP contribution in [-0.4, -0.2) is 128 Å². The Balaban J connectivity index is 1.24. The van der Waals surface area contributed by atoms with Crippen molar-refractivity contribution in [2.75, 3.05) is 82.0 Å². The van der Waals surface area contributed by atoms with E-state index >= 15 is 0 Å². The zero-order chi connectivity index (χ0) is 38.4. The number of nitrogens with one attached hydrogen (secondary N) is 1. The molecule has 0 radical (unpaired) electrons. The Morgan fingerprint density at radius 2 is 1.85 bits per heavy atom. The third-order valence-corrected chi connectivity index (χ3v) is 12.3. The number of esters is 1. The van der Waals surface area contributed by atoms with Crippen LogP contribution in [0.5, 0.6) is 0 Å². The van der Waals surface area contributed by atoms with Gasteiger partial charge < -0.3 is 34.3 Å². The van der Waals surface area contributed by atoms with Crippen molar-refractivity contribution >= 4 is 34.2 Å². The summed E-state index contributed by atoms with van der Waals surface area (Å²) in [5.41, 5.74) is 17.4. The highest BCUT2D eigenvalue weighted by Crippen LogP contribution is 2.43. The van der Waals surface area contributed by atoms with E-state index < -0.39 is 17.5 Å². The first-order valence-electron chi connectivity index (χ1n) is 20.6. The number of rotatable bonds is 4. The van der Waals surface area contributed by atoms with Gasteiger partial charge in [0, 0.05) is 79.9 Å². The number of carbonyl (C=O) groups is 2. The number of aryl methyl sites for hydroxylation is 1. The highest BCUT2D eigenvalue weighted by molar-refractivity contribution is 5.95. The summed E-state index contributed by atoms with van der Waals surface area (Å²) in [6.07, 6.45) is 4.24. The maximum absolute atomic E-state index is 13.6. The molecule has 0 saturated carbocycles. The number of pyridine rings is 1. The molecule has 13 nitrogen and oxygen atoms in total. The van der Waals surface area contributed by atoms with Gasteiger partial charge in [-0.1, -0.05) is 27.7 Å². The van der Waals surface area contributed by atoms with E-state index in [0.717, 1.165) is 75.1 Å². The van der Waals surface area contributed by atoms with Crippen LogP contribution in [-0.2, 0) is 36.8 Å². The molecule has 4 atom stereocenters. The SMILES string of the molecule is CCn1c(-c2cc(N3CCN4CCOC[C@@H]4C3)cnc2C(C)C)c2c3cc(ccc31)N1CCO[C@@H](C[C@H](N)C(=O)N3CCC[C@H](N3)C(=O)OCC(C)(C)C2)C1. The molecule has 1 aromatic carbocycles. The van der Waals surface area contributed by atoms with Gasteiger partial charge in [0.2, 0.25) is 0 Å². The first-order valence-corrected chi connectivity index (χ1v) is 20.6. The van der Waals surface area contributed by atoms with Crippen LogP contribution in [0.3, 0.4) is 0 Å². The Kier molecular flexibility index (Phi) is 10.9. The molecule has 4 saturated heterocycles. The Labute approximate surface area is 325 Å².